The van der Waals surface area contributed by atoms with E-state index in [1.807, 2.05) is 20.8 Å². The molecule has 0 atom stereocenters. The summed E-state index contributed by atoms with van der Waals surface area (Å²) in [6.07, 6.45) is 0. The Hall–Kier alpha value is 0.446. The van der Waals surface area contributed by atoms with Crippen molar-refractivity contribution < 1.29 is 36.7 Å². The zero-order valence-corrected chi connectivity index (χ0v) is 19.0. The zero-order chi connectivity index (χ0) is 17.1. The van der Waals surface area contributed by atoms with Crippen molar-refractivity contribution in [3.05, 3.63) is 40.2 Å². The molecule has 0 fully saturated rings. The van der Waals surface area contributed by atoms with Crippen LogP contribution in [0.1, 0.15) is 20.8 Å². The SMILES string of the molecule is CC[N-]C.CC[N-]C.CC[N-]C.[F][Ge]([F])([F])[c-]1cccc1.[Zr+4]. The summed E-state index contributed by atoms with van der Waals surface area (Å²) in [5, 5.41) is 11.2. The Morgan fingerprint density at radius 1 is 0.773 bits per heavy atom. The average molecular weight is 459 g/mol. The van der Waals surface area contributed by atoms with Gasteiger partial charge in [-0.15, -0.1) is 0 Å². The first kappa shape index (κ1) is 30.3. The molecule has 0 spiro atoms. The summed E-state index contributed by atoms with van der Waals surface area (Å²) >= 11 is -5.94. The number of halogens is 3. The fourth-order valence-corrected chi connectivity index (χ4v) is 1.76. The van der Waals surface area contributed by atoms with Crippen LogP contribution in [0.2, 0.25) is 0 Å². The average Bonchev–Trinajstić information content (AvgIpc) is 3.02. The maximum Gasteiger partial charge on any atom is 4.00 e. The number of nitrogens with zero attached hydrogens (tertiary/aromatic N) is 3. The van der Waals surface area contributed by atoms with E-state index in [-0.39, 0.29) is 26.2 Å². The van der Waals surface area contributed by atoms with Gasteiger partial charge in [-0.1, -0.05) is 20.8 Å². The van der Waals surface area contributed by atoms with Crippen molar-refractivity contribution >= 4 is 19.1 Å². The van der Waals surface area contributed by atoms with Gasteiger partial charge in [0, 0.05) is 0 Å². The topological polar surface area (TPSA) is 42.3 Å². The van der Waals surface area contributed by atoms with E-state index < -0.39 is 19.1 Å². The van der Waals surface area contributed by atoms with E-state index in [1.54, 1.807) is 21.1 Å². The van der Waals surface area contributed by atoms with Gasteiger partial charge in [-0.05, 0) is 0 Å². The first-order valence-electron chi connectivity index (χ1n) is 6.81. The van der Waals surface area contributed by atoms with Crippen molar-refractivity contribution in [1.29, 1.82) is 0 Å². The molecule has 0 radical (unpaired) electrons. The molecule has 0 aliphatic carbocycles. The van der Waals surface area contributed by atoms with Crippen LogP contribution in [0.3, 0.4) is 0 Å². The van der Waals surface area contributed by atoms with Crippen LogP contribution in [0, 0.1) is 0 Å². The molecule has 0 saturated carbocycles. The van der Waals surface area contributed by atoms with E-state index in [0.717, 1.165) is 31.8 Å². The molecule has 0 amide bonds. The molecule has 8 heteroatoms. The normalized spacial score (nSPS) is 8.95. The van der Waals surface area contributed by atoms with Crippen molar-refractivity contribution in [2.45, 2.75) is 20.8 Å². The van der Waals surface area contributed by atoms with Crippen LogP contribution >= 0.6 is 0 Å². The monoisotopic (exact) mass is 459 g/mol. The molecule has 0 saturated heterocycles. The smallest absolute Gasteiger partial charge is 4.00 e. The Morgan fingerprint density at radius 2 is 1.00 bits per heavy atom. The molecule has 0 heterocycles. The molecule has 0 N–H and O–H groups in total. The summed E-state index contributed by atoms with van der Waals surface area (Å²) in [7, 11) is 5.42. The van der Waals surface area contributed by atoms with Gasteiger partial charge in [-0.3, -0.25) is 0 Å². The van der Waals surface area contributed by atoms with E-state index in [2.05, 4.69) is 16.0 Å². The quantitative estimate of drug-likeness (QED) is 0.471. The van der Waals surface area contributed by atoms with Gasteiger partial charge in [0.05, 0.1) is 0 Å². The van der Waals surface area contributed by atoms with Gasteiger partial charge in [0.1, 0.15) is 0 Å². The van der Waals surface area contributed by atoms with Crippen molar-refractivity contribution in [3.63, 3.8) is 0 Å². The molecule has 128 valence electrons. The Morgan fingerprint density at radius 3 is 1.09 bits per heavy atom. The van der Waals surface area contributed by atoms with E-state index in [9.17, 15) is 10.5 Å². The third-order valence-electron chi connectivity index (χ3n) is 1.94. The van der Waals surface area contributed by atoms with Gasteiger partial charge >= 0.3 is 80.0 Å². The molecule has 0 bridgehead atoms. The summed E-state index contributed by atoms with van der Waals surface area (Å²) in [5.41, 5.74) is 0. The van der Waals surface area contributed by atoms with Gasteiger partial charge in [-0.2, -0.15) is 40.8 Å². The molecule has 0 unspecified atom stereocenters. The van der Waals surface area contributed by atoms with Crippen LogP contribution in [0.15, 0.2) is 24.3 Å². The molecule has 3 nitrogen and oxygen atoms in total. The van der Waals surface area contributed by atoms with Gasteiger partial charge < -0.3 is 16.0 Å². The second-order valence-corrected chi connectivity index (χ2v) is 6.87. The summed E-state index contributed by atoms with van der Waals surface area (Å²) in [6, 6.07) is 5.07. The molecule has 1 aromatic rings. The first-order valence-corrected chi connectivity index (χ1v) is 10.2. The van der Waals surface area contributed by atoms with Crippen LogP contribution in [-0.2, 0) is 26.2 Å². The zero-order valence-electron chi connectivity index (χ0n) is 14.4. The van der Waals surface area contributed by atoms with Crippen molar-refractivity contribution in [2.24, 2.45) is 0 Å². The first-order chi connectivity index (χ1) is 9.85. The maximum absolute atomic E-state index is 11.8. The molecule has 0 aliphatic rings. The van der Waals surface area contributed by atoms with Crippen molar-refractivity contribution in [1.82, 2.24) is 0 Å². The Balaban J connectivity index is -0.000000107. The van der Waals surface area contributed by atoms with Crippen LogP contribution in [-0.4, -0.2) is 55.4 Å². The van der Waals surface area contributed by atoms with Crippen molar-refractivity contribution in [3.8, 4) is 0 Å². The van der Waals surface area contributed by atoms with E-state index in [0.29, 0.717) is 0 Å². The maximum atomic E-state index is 11.8. The predicted octanol–water partition coefficient (Wildman–Crippen LogP) is 4.49. The van der Waals surface area contributed by atoms with Crippen LogP contribution in [0.25, 0.3) is 16.0 Å². The minimum Gasteiger partial charge on any atom is 4.00 e. The summed E-state index contributed by atoms with van der Waals surface area (Å²) in [6.45, 7) is 8.88. The third-order valence-corrected chi connectivity index (χ3v) is 4.01. The minimum atomic E-state index is -5.94. The Bertz CT molecular complexity index is 255. The summed E-state index contributed by atoms with van der Waals surface area (Å²) in [4.78, 5) is 0. The van der Waals surface area contributed by atoms with Crippen molar-refractivity contribution in [2.75, 3.05) is 40.8 Å². The van der Waals surface area contributed by atoms with Gasteiger partial charge in [0.25, 0.3) is 0 Å². The molecular formula is C14H28F3GeN3Zr. The minimum absolute atomic E-state index is 0. The number of hydrogen-bond donors (Lipinski definition) is 0. The van der Waals surface area contributed by atoms with Crippen LogP contribution < -0.4 is 4.40 Å². The second-order valence-electron chi connectivity index (χ2n) is 3.57. The molecular weight excluding hydrogens is 431 g/mol. The Labute approximate surface area is 157 Å². The largest absolute Gasteiger partial charge is 4.00 e. The standard InChI is InChI=1S/C5H4F3Ge.3C3H8N.Zr/c6-9(7,8)5-3-1-2-4-5;3*1-3-4-2;/h1-4H;3*3H2,1-2H3;/q4*-1;+4. The molecule has 1 rings (SSSR count). The van der Waals surface area contributed by atoms with E-state index in [4.69, 9.17) is 0 Å². The van der Waals surface area contributed by atoms with Crippen LogP contribution in [0.5, 0.6) is 0 Å². The second kappa shape index (κ2) is 23.7. The summed E-state index contributed by atoms with van der Waals surface area (Å²) < 4.78 is 35.0. The van der Waals surface area contributed by atoms with Gasteiger partial charge in [-0.25, -0.2) is 0 Å². The fraction of sp³-hybridized carbons (Fsp3) is 0.643. The Kier molecular flexibility index (Phi) is 32.7. The molecule has 0 aliphatic heterocycles. The summed E-state index contributed by atoms with van der Waals surface area (Å²) in [5.74, 6) is 0. The van der Waals surface area contributed by atoms with E-state index >= 15 is 0 Å². The number of rotatable bonds is 4. The molecule has 0 aromatic heterocycles. The fourth-order valence-electron chi connectivity index (χ4n) is 0.563. The van der Waals surface area contributed by atoms with E-state index in [1.165, 1.54) is 12.1 Å². The third kappa shape index (κ3) is 28.6. The molecule has 22 heavy (non-hydrogen) atoms. The predicted molar refractivity (Wildman–Crippen MR) is 90.2 cm³/mol. The van der Waals surface area contributed by atoms with Gasteiger partial charge in [0.15, 0.2) is 0 Å². The van der Waals surface area contributed by atoms with Crippen LogP contribution in [0.4, 0.5) is 10.5 Å². The molecule has 1 aromatic carbocycles. The number of hydrogen-bond acceptors (Lipinski definition) is 0. The van der Waals surface area contributed by atoms with Gasteiger partial charge in [0.2, 0.25) is 0 Å².